The molecule has 0 bridgehead atoms. The van der Waals surface area contributed by atoms with Gasteiger partial charge in [0.2, 0.25) is 0 Å². The van der Waals surface area contributed by atoms with Crippen LogP contribution in [-0.4, -0.2) is 25.9 Å². The first kappa shape index (κ1) is 6.53. The average molecular weight is 127 g/mol. The van der Waals surface area contributed by atoms with Crippen LogP contribution in [0.25, 0.3) is 0 Å². The minimum atomic E-state index is 0.0174. The molecule has 9 heavy (non-hydrogen) atoms. The maximum absolute atomic E-state index is 8.23. The number of nitrogens with zero attached hydrogens (tertiary/aromatic N) is 1. The van der Waals surface area contributed by atoms with Gasteiger partial charge in [-0.2, -0.15) is 5.26 Å². The fraction of sp³-hybridized carbons (Fsp3) is 0.833. The highest BCUT2D eigenvalue weighted by Crippen LogP contribution is 2.02. The van der Waals surface area contributed by atoms with Gasteiger partial charge < -0.3 is 9.47 Å². The standard InChI is InChI=1S/C6H9NO2/c7-2-1-6-5-8-3-4-9-6/h6H,1,3-5H2/t6-/m0/s1. The van der Waals surface area contributed by atoms with Crippen LogP contribution in [0.1, 0.15) is 6.42 Å². The van der Waals surface area contributed by atoms with Crippen molar-refractivity contribution < 1.29 is 9.47 Å². The van der Waals surface area contributed by atoms with E-state index in [2.05, 4.69) is 0 Å². The molecule has 1 rings (SSSR count). The molecule has 1 heterocycles. The van der Waals surface area contributed by atoms with Crippen LogP contribution >= 0.6 is 0 Å². The van der Waals surface area contributed by atoms with E-state index in [1.54, 1.807) is 0 Å². The summed E-state index contributed by atoms with van der Waals surface area (Å²) in [5.41, 5.74) is 0. The van der Waals surface area contributed by atoms with Crippen molar-refractivity contribution in [3.05, 3.63) is 0 Å². The zero-order valence-corrected chi connectivity index (χ0v) is 5.17. The summed E-state index contributed by atoms with van der Waals surface area (Å²) in [5.74, 6) is 0. The highest BCUT2D eigenvalue weighted by Gasteiger charge is 2.12. The van der Waals surface area contributed by atoms with Crippen LogP contribution in [0.4, 0.5) is 0 Å². The lowest BCUT2D eigenvalue weighted by molar-refractivity contribution is -0.0855. The molecule has 0 saturated carbocycles. The van der Waals surface area contributed by atoms with Gasteiger partial charge in [0.1, 0.15) is 0 Å². The molecule has 0 aliphatic carbocycles. The van der Waals surface area contributed by atoms with Crippen LogP contribution in [0.2, 0.25) is 0 Å². The Hall–Kier alpha value is -0.590. The third-order valence-corrected chi connectivity index (χ3v) is 1.20. The van der Waals surface area contributed by atoms with Crippen molar-refractivity contribution in [2.45, 2.75) is 12.5 Å². The highest BCUT2D eigenvalue weighted by atomic mass is 16.6. The molecule has 0 aromatic heterocycles. The second-order valence-electron chi connectivity index (χ2n) is 1.93. The summed E-state index contributed by atoms with van der Waals surface area (Å²) in [4.78, 5) is 0. The van der Waals surface area contributed by atoms with E-state index >= 15 is 0 Å². The van der Waals surface area contributed by atoms with Gasteiger partial charge >= 0.3 is 0 Å². The van der Waals surface area contributed by atoms with Crippen LogP contribution in [0.3, 0.4) is 0 Å². The van der Waals surface area contributed by atoms with E-state index in [1.165, 1.54) is 0 Å². The zero-order valence-electron chi connectivity index (χ0n) is 5.17. The van der Waals surface area contributed by atoms with Gasteiger partial charge in [0.15, 0.2) is 0 Å². The minimum Gasteiger partial charge on any atom is -0.376 e. The molecular formula is C6H9NO2. The van der Waals surface area contributed by atoms with Gasteiger partial charge in [-0.05, 0) is 0 Å². The van der Waals surface area contributed by atoms with E-state index in [9.17, 15) is 0 Å². The first-order valence-electron chi connectivity index (χ1n) is 3.00. The predicted molar refractivity (Wildman–Crippen MR) is 30.8 cm³/mol. The fourth-order valence-corrected chi connectivity index (χ4v) is 0.756. The van der Waals surface area contributed by atoms with Crippen molar-refractivity contribution in [1.29, 1.82) is 5.26 Å². The largest absolute Gasteiger partial charge is 0.376 e. The zero-order chi connectivity index (χ0) is 6.53. The first-order chi connectivity index (χ1) is 4.43. The monoisotopic (exact) mass is 127 g/mol. The van der Waals surface area contributed by atoms with Gasteiger partial charge in [-0.25, -0.2) is 0 Å². The topological polar surface area (TPSA) is 42.2 Å². The molecule has 3 nitrogen and oxygen atoms in total. The Bertz CT molecular complexity index is 113. The quantitative estimate of drug-likeness (QED) is 0.509. The van der Waals surface area contributed by atoms with E-state index in [1.807, 2.05) is 6.07 Å². The molecule has 0 spiro atoms. The smallest absolute Gasteiger partial charge is 0.0939 e. The molecular weight excluding hydrogens is 118 g/mol. The van der Waals surface area contributed by atoms with E-state index in [0.29, 0.717) is 26.2 Å². The van der Waals surface area contributed by atoms with Crippen molar-refractivity contribution in [3.63, 3.8) is 0 Å². The number of hydrogen-bond donors (Lipinski definition) is 0. The summed E-state index contributed by atoms with van der Waals surface area (Å²) in [6, 6.07) is 2.03. The SMILES string of the molecule is N#CC[C@H]1COCCO1. The Morgan fingerprint density at radius 1 is 1.56 bits per heavy atom. The number of ether oxygens (including phenoxy) is 2. The van der Waals surface area contributed by atoms with Crippen molar-refractivity contribution in [3.8, 4) is 6.07 Å². The lowest BCUT2D eigenvalue weighted by atomic mass is 10.3. The molecule has 0 N–H and O–H groups in total. The molecule has 1 aliphatic heterocycles. The molecule has 1 atom stereocenters. The summed E-state index contributed by atoms with van der Waals surface area (Å²) in [5, 5.41) is 8.23. The Balaban J connectivity index is 2.17. The maximum atomic E-state index is 8.23. The molecule has 3 heteroatoms. The van der Waals surface area contributed by atoms with E-state index in [0.717, 1.165) is 0 Å². The molecule has 1 fully saturated rings. The maximum Gasteiger partial charge on any atom is 0.0939 e. The highest BCUT2D eigenvalue weighted by molar-refractivity contribution is 4.77. The van der Waals surface area contributed by atoms with Gasteiger partial charge in [-0.3, -0.25) is 0 Å². The van der Waals surface area contributed by atoms with Crippen LogP contribution < -0.4 is 0 Å². The van der Waals surface area contributed by atoms with E-state index in [4.69, 9.17) is 14.7 Å². The molecule has 0 aromatic carbocycles. The Morgan fingerprint density at radius 3 is 3.00 bits per heavy atom. The second kappa shape index (κ2) is 3.44. The van der Waals surface area contributed by atoms with Crippen molar-refractivity contribution in [1.82, 2.24) is 0 Å². The van der Waals surface area contributed by atoms with Gasteiger partial charge in [0.25, 0.3) is 0 Å². The minimum absolute atomic E-state index is 0.0174. The molecule has 1 saturated heterocycles. The molecule has 50 valence electrons. The summed E-state index contributed by atoms with van der Waals surface area (Å²) in [7, 11) is 0. The third-order valence-electron chi connectivity index (χ3n) is 1.20. The van der Waals surface area contributed by atoms with Crippen LogP contribution in [0, 0.1) is 11.3 Å². The predicted octanol–water partition coefficient (Wildman–Crippen LogP) is 0.315. The summed E-state index contributed by atoms with van der Waals surface area (Å²) < 4.78 is 10.2. The van der Waals surface area contributed by atoms with Crippen molar-refractivity contribution >= 4 is 0 Å². The van der Waals surface area contributed by atoms with Gasteiger partial charge in [-0.1, -0.05) is 0 Å². The molecule has 1 aliphatic rings. The molecule has 0 aromatic rings. The average Bonchev–Trinajstić information content (AvgIpc) is 1.91. The van der Waals surface area contributed by atoms with Crippen LogP contribution in [0.15, 0.2) is 0 Å². The van der Waals surface area contributed by atoms with Crippen molar-refractivity contribution in [2.24, 2.45) is 0 Å². The first-order valence-corrected chi connectivity index (χ1v) is 3.00. The number of hydrogen-bond acceptors (Lipinski definition) is 3. The summed E-state index contributed by atoms with van der Waals surface area (Å²) in [6.07, 6.45) is 0.462. The fourth-order valence-electron chi connectivity index (χ4n) is 0.756. The van der Waals surface area contributed by atoms with Crippen LogP contribution in [0.5, 0.6) is 0 Å². The van der Waals surface area contributed by atoms with Gasteiger partial charge in [0.05, 0.1) is 38.4 Å². The Morgan fingerprint density at radius 2 is 2.44 bits per heavy atom. The van der Waals surface area contributed by atoms with E-state index in [-0.39, 0.29) is 6.10 Å². The second-order valence-corrected chi connectivity index (χ2v) is 1.93. The Labute approximate surface area is 54.2 Å². The van der Waals surface area contributed by atoms with Crippen molar-refractivity contribution in [2.75, 3.05) is 19.8 Å². The lowest BCUT2D eigenvalue weighted by Crippen LogP contribution is -2.27. The normalized spacial score (nSPS) is 27.2. The lowest BCUT2D eigenvalue weighted by Gasteiger charge is -2.20. The number of rotatable bonds is 1. The number of nitriles is 1. The summed E-state index contributed by atoms with van der Waals surface area (Å²) in [6.45, 7) is 1.88. The van der Waals surface area contributed by atoms with E-state index < -0.39 is 0 Å². The van der Waals surface area contributed by atoms with Crippen LogP contribution in [-0.2, 0) is 9.47 Å². The Kier molecular flexibility index (Phi) is 2.49. The third kappa shape index (κ3) is 2.00. The summed E-state index contributed by atoms with van der Waals surface area (Å²) >= 11 is 0. The molecule has 0 unspecified atom stereocenters. The molecule has 0 amide bonds. The van der Waals surface area contributed by atoms with Gasteiger partial charge in [0, 0.05) is 0 Å². The van der Waals surface area contributed by atoms with Gasteiger partial charge in [-0.15, -0.1) is 0 Å². The molecule has 0 radical (unpaired) electrons.